The third-order valence-electron chi connectivity index (χ3n) is 6.50. The lowest BCUT2D eigenvalue weighted by molar-refractivity contribution is -0.130. The number of nitrogens with zero attached hydrogens (tertiary/aromatic N) is 4. The number of hydrogen-bond acceptors (Lipinski definition) is 6. The molecular weight excluding hydrogens is 594 g/mol. The van der Waals surface area contributed by atoms with Gasteiger partial charge in [0, 0.05) is 49.3 Å². The predicted octanol–water partition coefficient (Wildman–Crippen LogP) is 4.66. The van der Waals surface area contributed by atoms with Crippen LogP contribution in [0.5, 0.6) is 5.75 Å². The SMILES string of the molecule is COc1ccc(S(=O)(=O)n2cc(CCN(C)C)c3cc(Cl)ccc32)cc1N1CCN(C(=O)C(Cl)(Cl)Cl)CC1. The Kier molecular flexibility index (Phi) is 8.67. The smallest absolute Gasteiger partial charge is 0.274 e. The molecule has 1 aliphatic rings. The zero-order chi connectivity index (χ0) is 27.8. The van der Waals surface area contributed by atoms with Crippen LogP contribution in [0.3, 0.4) is 0 Å². The van der Waals surface area contributed by atoms with Gasteiger partial charge in [0.15, 0.2) is 0 Å². The topological polar surface area (TPSA) is 75.1 Å². The average molecular weight is 622 g/mol. The number of piperazine rings is 1. The highest BCUT2D eigenvalue weighted by Crippen LogP contribution is 2.35. The molecule has 1 amide bonds. The van der Waals surface area contributed by atoms with E-state index in [1.807, 2.05) is 23.9 Å². The highest BCUT2D eigenvalue weighted by Gasteiger charge is 2.37. The van der Waals surface area contributed by atoms with Gasteiger partial charge in [0.1, 0.15) is 5.75 Å². The number of benzene rings is 2. The number of halogens is 4. The fraction of sp³-hybridized carbons (Fsp3) is 0.400. The monoisotopic (exact) mass is 620 g/mol. The van der Waals surface area contributed by atoms with E-state index in [0.717, 1.165) is 17.5 Å². The molecule has 38 heavy (non-hydrogen) atoms. The molecule has 0 bridgehead atoms. The number of carbonyl (C=O) groups excluding carboxylic acids is 1. The average Bonchev–Trinajstić information content (AvgIpc) is 3.24. The van der Waals surface area contributed by atoms with Crippen molar-refractivity contribution >= 4 is 78.9 Å². The zero-order valence-electron chi connectivity index (χ0n) is 21.1. The Labute approximate surface area is 242 Å². The molecule has 8 nitrogen and oxygen atoms in total. The first-order valence-electron chi connectivity index (χ1n) is 11.8. The first kappa shape index (κ1) is 29.1. The van der Waals surface area contributed by atoms with Crippen molar-refractivity contribution in [1.82, 2.24) is 13.8 Å². The number of ether oxygens (including phenoxy) is 1. The van der Waals surface area contributed by atoms with E-state index >= 15 is 0 Å². The summed E-state index contributed by atoms with van der Waals surface area (Å²) in [5.41, 5.74) is 2.05. The third-order valence-corrected chi connectivity index (χ3v) is 8.89. The maximum Gasteiger partial charge on any atom is 0.274 e. The van der Waals surface area contributed by atoms with Crippen LogP contribution in [0, 0.1) is 0 Å². The molecule has 0 radical (unpaired) electrons. The summed E-state index contributed by atoms with van der Waals surface area (Å²) in [6.45, 7) is 2.19. The molecule has 206 valence electrons. The number of likely N-dealkylation sites (N-methyl/N-ethyl adjacent to an activating group) is 1. The van der Waals surface area contributed by atoms with Crippen LogP contribution in [-0.4, -0.2) is 85.8 Å². The van der Waals surface area contributed by atoms with E-state index < -0.39 is 19.7 Å². The van der Waals surface area contributed by atoms with Crippen molar-refractivity contribution in [3.8, 4) is 5.75 Å². The highest BCUT2D eigenvalue weighted by atomic mass is 35.6. The van der Waals surface area contributed by atoms with Crippen molar-refractivity contribution in [3.63, 3.8) is 0 Å². The minimum absolute atomic E-state index is 0.110. The van der Waals surface area contributed by atoms with Crippen LogP contribution < -0.4 is 9.64 Å². The normalized spacial score (nSPS) is 14.9. The lowest BCUT2D eigenvalue weighted by Crippen LogP contribution is -2.51. The summed E-state index contributed by atoms with van der Waals surface area (Å²) in [6, 6.07) is 9.97. The van der Waals surface area contributed by atoms with E-state index in [2.05, 4.69) is 0 Å². The van der Waals surface area contributed by atoms with Crippen molar-refractivity contribution < 1.29 is 17.9 Å². The fourth-order valence-electron chi connectivity index (χ4n) is 4.50. The Morgan fingerprint density at radius 3 is 2.34 bits per heavy atom. The van der Waals surface area contributed by atoms with Crippen LogP contribution in [0.15, 0.2) is 47.5 Å². The number of anilines is 1. The zero-order valence-corrected chi connectivity index (χ0v) is 25.0. The highest BCUT2D eigenvalue weighted by molar-refractivity contribution is 7.90. The first-order chi connectivity index (χ1) is 17.8. The molecule has 0 N–H and O–H groups in total. The lowest BCUT2D eigenvalue weighted by atomic mass is 10.1. The van der Waals surface area contributed by atoms with E-state index in [1.165, 1.54) is 22.0 Å². The Balaban J connectivity index is 1.69. The maximum absolute atomic E-state index is 13.9. The molecule has 0 saturated carbocycles. The van der Waals surface area contributed by atoms with Gasteiger partial charge in [-0.05, 0) is 62.5 Å². The minimum Gasteiger partial charge on any atom is -0.495 e. The summed E-state index contributed by atoms with van der Waals surface area (Å²) in [5, 5.41) is 1.34. The Hall–Kier alpha value is -1.88. The minimum atomic E-state index is -3.96. The molecule has 1 saturated heterocycles. The molecule has 0 aliphatic carbocycles. The van der Waals surface area contributed by atoms with Gasteiger partial charge in [-0.1, -0.05) is 46.4 Å². The number of rotatable bonds is 7. The fourth-order valence-corrected chi connectivity index (χ4v) is 6.44. The summed E-state index contributed by atoms with van der Waals surface area (Å²) in [5.74, 6) is -0.0731. The number of carbonyl (C=O) groups is 1. The van der Waals surface area contributed by atoms with Gasteiger partial charge in [-0.15, -0.1) is 0 Å². The van der Waals surface area contributed by atoms with Crippen molar-refractivity contribution in [2.75, 3.05) is 58.8 Å². The standard InChI is InChI=1S/C25H28Cl4N4O4S/c1-30(2)9-8-17-16-33(21-6-4-18(26)14-20(17)21)38(35,36)19-5-7-23(37-3)22(15-19)31-10-12-32(13-11-31)24(34)25(27,28)29/h4-7,14-16H,8-13H2,1-3H3. The Morgan fingerprint density at radius 1 is 1.05 bits per heavy atom. The molecule has 0 atom stereocenters. The van der Waals surface area contributed by atoms with E-state index in [-0.39, 0.29) is 4.90 Å². The molecule has 13 heteroatoms. The maximum atomic E-state index is 13.9. The van der Waals surface area contributed by atoms with Crippen molar-refractivity contribution in [3.05, 3.63) is 53.2 Å². The van der Waals surface area contributed by atoms with Crippen molar-refractivity contribution in [2.45, 2.75) is 15.1 Å². The Morgan fingerprint density at radius 2 is 1.74 bits per heavy atom. The molecule has 0 unspecified atom stereocenters. The Bertz CT molecular complexity index is 1450. The summed E-state index contributed by atoms with van der Waals surface area (Å²) >= 11 is 23.5. The van der Waals surface area contributed by atoms with Crippen LogP contribution in [0.2, 0.25) is 5.02 Å². The molecule has 4 rings (SSSR count). The lowest BCUT2D eigenvalue weighted by Gasteiger charge is -2.37. The number of aromatic nitrogens is 1. The summed E-state index contributed by atoms with van der Waals surface area (Å²) < 4.78 is 32.7. The van der Waals surface area contributed by atoms with E-state index in [0.29, 0.717) is 54.6 Å². The van der Waals surface area contributed by atoms with E-state index in [1.54, 1.807) is 36.5 Å². The molecular formula is C25H28Cl4N4O4S. The third kappa shape index (κ3) is 5.98. The molecule has 1 aromatic heterocycles. The summed E-state index contributed by atoms with van der Waals surface area (Å²) in [7, 11) is 1.49. The van der Waals surface area contributed by atoms with Crippen molar-refractivity contribution in [2.24, 2.45) is 0 Å². The van der Waals surface area contributed by atoms with Crippen LogP contribution in [0.4, 0.5) is 5.69 Å². The van der Waals surface area contributed by atoms with E-state index in [9.17, 15) is 13.2 Å². The number of hydrogen-bond donors (Lipinski definition) is 0. The van der Waals surface area contributed by atoms with Crippen LogP contribution in [-0.2, 0) is 21.2 Å². The molecule has 2 aromatic carbocycles. The van der Waals surface area contributed by atoms with Gasteiger partial charge in [0.2, 0.25) is 0 Å². The second-order valence-electron chi connectivity index (χ2n) is 9.28. The first-order valence-corrected chi connectivity index (χ1v) is 14.8. The largest absolute Gasteiger partial charge is 0.495 e. The molecule has 3 aromatic rings. The summed E-state index contributed by atoms with van der Waals surface area (Å²) in [4.78, 5) is 17.9. The van der Waals surface area contributed by atoms with Gasteiger partial charge < -0.3 is 19.4 Å². The molecule has 1 fully saturated rings. The van der Waals surface area contributed by atoms with Gasteiger partial charge in [-0.25, -0.2) is 12.4 Å². The van der Waals surface area contributed by atoms with Gasteiger partial charge in [-0.3, -0.25) is 4.79 Å². The molecule has 1 aliphatic heterocycles. The van der Waals surface area contributed by atoms with Crippen LogP contribution >= 0.6 is 46.4 Å². The van der Waals surface area contributed by atoms with Gasteiger partial charge in [0.05, 0.1) is 23.2 Å². The van der Waals surface area contributed by atoms with Gasteiger partial charge in [-0.2, -0.15) is 0 Å². The van der Waals surface area contributed by atoms with Crippen molar-refractivity contribution in [1.29, 1.82) is 0 Å². The second-order valence-corrected chi connectivity index (χ2v) is 13.8. The second kappa shape index (κ2) is 11.3. The number of alkyl halides is 3. The number of methoxy groups -OCH3 is 1. The van der Waals surface area contributed by atoms with Crippen LogP contribution in [0.25, 0.3) is 10.9 Å². The quantitative estimate of drug-likeness (QED) is 0.357. The van der Waals surface area contributed by atoms with Crippen LogP contribution in [0.1, 0.15) is 5.56 Å². The van der Waals surface area contributed by atoms with E-state index in [4.69, 9.17) is 51.1 Å². The van der Waals surface area contributed by atoms with Gasteiger partial charge in [0.25, 0.3) is 19.7 Å². The molecule has 2 heterocycles. The van der Waals surface area contributed by atoms with Gasteiger partial charge >= 0.3 is 0 Å². The summed E-state index contributed by atoms with van der Waals surface area (Å²) in [6.07, 6.45) is 2.34. The number of fused-ring (bicyclic) bond motifs is 1. The number of amides is 1. The predicted molar refractivity (Wildman–Crippen MR) is 154 cm³/mol. The molecule has 0 spiro atoms.